The van der Waals surface area contributed by atoms with Gasteiger partial charge in [0.25, 0.3) is 5.91 Å². The summed E-state index contributed by atoms with van der Waals surface area (Å²) < 4.78 is 73.6. The molecule has 0 saturated carbocycles. The first-order chi connectivity index (χ1) is 15.9. The van der Waals surface area contributed by atoms with E-state index in [2.05, 4.69) is 9.34 Å². The van der Waals surface area contributed by atoms with Gasteiger partial charge in [0.05, 0.1) is 28.8 Å². The van der Waals surface area contributed by atoms with Gasteiger partial charge < -0.3 is 13.6 Å². The van der Waals surface area contributed by atoms with Crippen molar-refractivity contribution in [1.82, 2.24) is 10.1 Å². The Morgan fingerprint density at radius 3 is 2.47 bits per heavy atom. The molecule has 1 aliphatic heterocycles. The quantitative estimate of drug-likeness (QED) is 0.428. The molecule has 12 heteroatoms. The predicted octanol–water partition coefficient (Wildman–Crippen LogP) is 4.59. The fourth-order valence-corrected chi connectivity index (χ4v) is 4.74. The van der Waals surface area contributed by atoms with Gasteiger partial charge in [-0.15, -0.1) is 0 Å². The monoisotopic (exact) mass is 514 g/mol. The summed E-state index contributed by atoms with van der Waals surface area (Å²) in [5.41, 5.74) is -5.08. The highest BCUT2D eigenvalue weighted by Crippen LogP contribution is 2.44. The van der Waals surface area contributed by atoms with Gasteiger partial charge in [-0.1, -0.05) is 59.2 Å². The van der Waals surface area contributed by atoms with Crippen molar-refractivity contribution >= 4 is 33.2 Å². The molecular formula is C22H18ClF3N2O5S. The number of amides is 1. The Bertz CT molecular complexity index is 1310. The van der Waals surface area contributed by atoms with Crippen LogP contribution in [-0.2, 0) is 25.6 Å². The Balaban J connectivity index is 1.96. The van der Waals surface area contributed by atoms with Gasteiger partial charge in [0, 0.05) is 11.6 Å². The number of allylic oxidation sites excluding steroid dienone is 2. The van der Waals surface area contributed by atoms with Crippen molar-refractivity contribution < 1.29 is 35.1 Å². The van der Waals surface area contributed by atoms with Crippen LogP contribution in [0, 0.1) is 19.8 Å². The van der Waals surface area contributed by atoms with Crippen molar-refractivity contribution in [1.29, 1.82) is 0 Å². The van der Waals surface area contributed by atoms with E-state index in [9.17, 15) is 26.4 Å². The van der Waals surface area contributed by atoms with Crippen LogP contribution < -0.4 is 0 Å². The molecule has 0 N–H and O–H groups in total. The molecule has 1 aromatic heterocycles. The van der Waals surface area contributed by atoms with E-state index in [-0.39, 0.29) is 34.2 Å². The second-order valence-electron chi connectivity index (χ2n) is 7.77. The number of hydrogen-bond donors (Lipinski definition) is 0. The molecule has 2 unspecified atom stereocenters. The van der Waals surface area contributed by atoms with Gasteiger partial charge in [-0.25, -0.2) is 0 Å². The summed E-state index contributed by atoms with van der Waals surface area (Å²) in [7, 11) is -6.09. The fraction of sp³-hybridized carbons (Fsp3) is 0.273. The average Bonchev–Trinajstić information content (AvgIpc) is 3.09. The smallest absolute Gasteiger partial charge is 0.379 e. The van der Waals surface area contributed by atoms with E-state index < -0.39 is 39.3 Å². The molecule has 0 radical (unpaired) electrons. The molecule has 4 rings (SSSR count). The number of rotatable bonds is 5. The third-order valence-corrected chi connectivity index (χ3v) is 6.72. The number of carbonyl (C=O) groups is 1. The van der Waals surface area contributed by atoms with Crippen molar-refractivity contribution in [2.45, 2.75) is 31.9 Å². The molecule has 34 heavy (non-hydrogen) atoms. The van der Waals surface area contributed by atoms with E-state index in [1.54, 1.807) is 30.3 Å². The zero-order chi connectivity index (χ0) is 24.8. The minimum absolute atomic E-state index is 0.0629. The number of benzene rings is 1. The van der Waals surface area contributed by atoms with E-state index in [0.717, 1.165) is 5.56 Å². The number of aromatic nitrogens is 1. The molecule has 0 bridgehead atoms. The Morgan fingerprint density at radius 1 is 1.21 bits per heavy atom. The van der Waals surface area contributed by atoms with Gasteiger partial charge in [0.15, 0.2) is 0 Å². The first-order valence-electron chi connectivity index (χ1n) is 9.99. The Kier molecular flexibility index (Phi) is 6.11. The second-order valence-corrected chi connectivity index (χ2v) is 9.74. The number of halogens is 4. The lowest BCUT2D eigenvalue weighted by molar-refractivity contribution is -0.128. The number of hydrogen-bond acceptors (Lipinski definition) is 6. The molecule has 7 nitrogen and oxygen atoms in total. The summed E-state index contributed by atoms with van der Waals surface area (Å²) in [5, 5.41) is 3.92. The van der Waals surface area contributed by atoms with Gasteiger partial charge >= 0.3 is 15.6 Å². The van der Waals surface area contributed by atoms with Crippen LogP contribution in [0.2, 0.25) is 0 Å². The third-order valence-electron chi connectivity index (χ3n) is 5.51. The fourth-order valence-electron chi connectivity index (χ4n) is 4.01. The normalized spacial score (nSPS) is 20.9. The molecule has 2 heterocycles. The van der Waals surface area contributed by atoms with E-state index in [1.807, 2.05) is 0 Å². The molecule has 0 saturated heterocycles. The molecule has 1 amide bonds. The number of aryl methyl sites for hydroxylation is 2. The summed E-state index contributed by atoms with van der Waals surface area (Å²) in [6, 6.07) is 8.09. The number of carbonyl (C=O) groups excluding carboxylic acids is 1. The van der Waals surface area contributed by atoms with Gasteiger partial charge in [-0.2, -0.15) is 21.6 Å². The molecular weight excluding hydrogens is 497 g/mol. The Hall–Kier alpha value is -3.05. The second kappa shape index (κ2) is 8.62. The van der Waals surface area contributed by atoms with Crippen LogP contribution in [0.5, 0.6) is 0 Å². The van der Waals surface area contributed by atoms with Crippen molar-refractivity contribution in [2.24, 2.45) is 5.92 Å². The van der Waals surface area contributed by atoms with Gasteiger partial charge in [-0.3, -0.25) is 4.79 Å². The maximum absolute atomic E-state index is 13.8. The Morgan fingerprint density at radius 2 is 1.88 bits per heavy atom. The van der Waals surface area contributed by atoms with Crippen molar-refractivity contribution in [3.05, 3.63) is 81.9 Å². The van der Waals surface area contributed by atoms with Crippen molar-refractivity contribution in [3.8, 4) is 0 Å². The average molecular weight is 515 g/mol. The van der Waals surface area contributed by atoms with Crippen LogP contribution >= 0.6 is 11.6 Å². The van der Waals surface area contributed by atoms with E-state index in [1.165, 1.54) is 37.0 Å². The first-order valence-corrected chi connectivity index (χ1v) is 11.8. The summed E-state index contributed by atoms with van der Waals surface area (Å²) in [5.74, 6) is -2.41. The molecule has 2 aromatic rings. The maximum Gasteiger partial charge on any atom is 0.534 e. The number of nitrogens with zero attached hydrogens (tertiary/aromatic N) is 2. The lowest BCUT2D eigenvalue weighted by atomic mass is 9.83. The number of fused-ring (bicyclic) bond motifs is 1. The van der Waals surface area contributed by atoms with Gasteiger partial charge in [-0.05, 0) is 25.5 Å². The lowest BCUT2D eigenvalue weighted by Gasteiger charge is -2.41. The standard InChI is InChI=1S/C22H18ClF3N2O5S/c1-12-18(13(2)32-27-12)19-20(33-34(30,31)22(24,25)26)16-10-15(23)8-9-17(16)28(21(19)29)11-14-6-4-3-5-7-14/h3-10,16-17H,11H2,1-2H3. The maximum atomic E-state index is 13.8. The molecule has 0 fully saturated rings. The highest BCUT2D eigenvalue weighted by molar-refractivity contribution is 7.87. The minimum Gasteiger partial charge on any atom is -0.379 e. The molecule has 2 atom stereocenters. The van der Waals surface area contributed by atoms with Crippen molar-refractivity contribution in [3.63, 3.8) is 0 Å². The summed E-state index contributed by atoms with van der Waals surface area (Å²) in [6.07, 6.45) is 4.38. The van der Waals surface area contributed by atoms with Crippen LogP contribution in [-0.4, -0.2) is 35.9 Å². The SMILES string of the molecule is Cc1noc(C)c1C1=C(OS(=O)(=O)C(F)(F)F)C2C=C(Cl)C=CC2N(Cc2ccccc2)C1=O. The van der Waals surface area contributed by atoms with E-state index in [0.29, 0.717) is 0 Å². The van der Waals surface area contributed by atoms with Crippen LogP contribution in [0.25, 0.3) is 5.57 Å². The lowest BCUT2D eigenvalue weighted by Crippen LogP contribution is -2.49. The van der Waals surface area contributed by atoms with Gasteiger partial charge in [0.1, 0.15) is 11.5 Å². The highest BCUT2D eigenvalue weighted by atomic mass is 35.5. The molecule has 1 aromatic carbocycles. The molecule has 1 aliphatic carbocycles. The predicted molar refractivity (Wildman–Crippen MR) is 116 cm³/mol. The molecule has 0 spiro atoms. The largest absolute Gasteiger partial charge is 0.534 e. The van der Waals surface area contributed by atoms with Crippen LogP contribution in [0.15, 0.2) is 63.9 Å². The summed E-state index contributed by atoms with van der Waals surface area (Å²) in [6.45, 7) is 3.05. The highest BCUT2D eigenvalue weighted by Gasteiger charge is 2.52. The van der Waals surface area contributed by atoms with Crippen molar-refractivity contribution in [2.75, 3.05) is 0 Å². The third kappa shape index (κ3) is 4.25. The van der Waals surface area contributed by atoms with E-state index in [4.69, 9.17) is 16.1 Å². The molecule has 180 valence electrons. The van der Waals surface area contributed by atoms with Crippen LogP contribution in [0.4, 0.5) is 13.2 Å². The van der Waals surface area contributed by atoms with Crippen LogP contribution in [0.3, 0.4) is 0 Å². The summed E-state index contributed by atoms with van der Waals surface area (Å²) in [4.78, 5) is 15.2. The minimum atomic E-state index is -6.09. The number of alkyl halides is 3. The zero-order valence-electron chi connectivity index (χ0n) is 17.8. The zero-order valence-corrected chi connectivity index (χ0v) is 19.4. The molecule has 2 aliphatic rings. The summed E-state index contributed by atoms with van der Waals surface area (Å²) >= 11 is 6.13. The van der Waals surface area contributed by atoms with Gasteiger partial charge in [0.2, 0.25) is 0 Å². The Labute approximate surface area is 198 Å². The topological polar surface area (TPSA) is 89.7 Å². The van der Waals surface area contributed by atoms with Crippen LogP contribution in [0.1, 0.15) is 22.6 Å². The first kappa shape index (κ1) is 24.1. The van der Waals surface area contributed by atoms with E-state index >= 15 is 0 Å².